The second-order valence-corrected chi connectivity index (χ2v) is 6.77. The molecule has 0 aliphatic heterocycles. The van der Waals surface area contributed by atoms with Crippen molar-refractivity contribution in [2.45, 2.75) is 64.8 Å². The first-order chi connectivity index (χ1) is 9.51. The molecular weight excluding hydrogens is 254 g/mol. The zero-order chi connectivity index (χ0) is 14.7. The summed E-state index contributed by atoms with van der Waals surface area (Å²) in [6, 6.07) is 0.251. The summed E-state index contributed by atoms with van der Waals surface area (Å²) in [5, 5.41) is 12.4. The van der Waals surface area contributed by atoms with Gasteiger partial charge in [0.2, 0.25) is 5.91 Å². The smallest absolute Gasteiger partial charge is 0.307 e. The molecule has 114 valence electrons. The lowest BCUT2D eigenvalue weighted by Crippen LogP contribution is -2.43. The number of nitrogens with one attached hydrogen (secondary N) is 1. The van der Waals surface area contributed by atoms with Gasteiger partial charge >= 0.3 is 5.97 Å². The second-order valence-electron chi connectivity index (χ2n) is 6.77. The summed E-state index contributed by atoms with van der Waals surface area (Å²) in [5.74, 6) is -0.588. The fraction of sp³-hybridized carbons (Fsp3) is 0.875. The normalized spacial score (nSPS) is 37.6. The van der Waals surface area contributed by atoms with E-state index in [1.165, 1.54) is 6.42 Å². The van der Waals surface area contributed by atoms with E-state index in [9.17, 15) is 14.7 Å². The molecule has 3 unspecified atom stereocenters. The van der Waals surface area contributed by atoms with Crippen LogP contribution in [0.1, 0.15) is 58.8 Å². The quantitative estimate of drug-likeness (QED) is 0.832. The molecule has 0 aromatic heterocycles. The molecule has 20 heavy (non-hydrogen) atoms. The molecule has 2 N–H and O–H groups in total. The lowest BCUT2D eigenvalue weighted by Gasteiger charge is -2.29. The van der Waals surface area contributed by atoms with Gasteiger partial charge in [0.25, 0.3) is 0 Å². The highest BCUT2D eigenvalue weighted by atomic mass is 16.4. The maximum absolute atomic E-state index is 12.4. The molecule has 0 heterocycles. The van der Waals surface area contributed by atoms with Gasteiger partial charge in [-0.3, -0.25) is 9.59 Å². The number of carbonyl (C=O) groups excluding carboxylic acids is 1. The molecular formula is C16H27NO3. The largest absolute Gasteiger partial charge is 0.481 e. The van der Waals surface area contributed by atoms with E-state index in [2.05, 4.69) is 19.2 Å². The van der Waals surface area contributed by atoms with Gasteiger partial charge in [-0.15, -0.1) is 0 Å². The minimum atomic E-state index is -0.807. The van der Waals surface area contributed by atoms with Crippen LogP contribution in [-0.2, 0) is 9.59 Å². The van der Waals surface area contributed by atoms with E-state index in [0.29, 0.717) is 18.3 Å². The average molecular weight is 281 g/mol. The van der Waals surface area contributed by atoms with Gasteiger partial charge in [0.15, 0.2) is 0 Å². The zero-order valence-electron chi connectivity index (χ0n) is 12.6. The van der Waals surface area contributed by atoms with Gasteiger partial charge in [0.1, 0.15) is 0 Å². The maximum atomic E-state index is 12.4. The molecule has 0 bridgehead atoms. The zero-order valence-corrected chi connectivity index (χ0v) is 12.6. The highest BCUT2D eigenvalue weighted by molar-refractivity contribution is 5.85. The minimum Gasteiger partial charge on any atom is -0.481 e. The SMILES string of the molecule is CCC1C[C@H](C(=O)NC2CCCC(C)C2)[C@H](C(=O)O)C1. The summed E-state index contributed by atoms with van der Waals surface area (Å²) >= 11 is 0. The number of carboxylic acid groups (broad SMARTS) is 1. The highest BCUT2D eigenvalue weighted by Gasteiger charge is 2.42. The van der Waals surface area contributed by atoms with Crippen molar-refractivity contribution in [2.24, 2.45) is 23.7 Å². The molecule has 2 fully saturated rings. The van der Waals surface area contributed by atoms with Gasteiger partial charge in [0.05, 0.1) is 11.8 Å². The van der Waals surface area contributed by atoms with Crippen molar-refractivity contribution in [2.75, 3.05) is 0 Å². The van der Waals surface area contributed by atoms with E-state index in [-0.39, 0.29) is 17.9 Å². The minimum absolute atomic E-state index is 0.0209. The van der Waals surface area contributed by atoms with Gasteiger partial charge in [-0.1, -0.05) is 33.1 Å². The summed E-state index contributed by atoms with van der Waals surface area (Å²) in [6.07, 6.45) is 6.84. The molecule has 0 aromatic carbocycles. The van der Waals surface area contributed by atoms with Crippen molar-refractivity contribution in [3.8, 4) is 0 Å². The summed E-state index contributed by atoms with van der Waals surface area (Å²) in [5.41, 5.74) is 0. The van der Waals surface area contributed by atoms with Gasteiger partial charge in [0, 0.05) is 6.04 Å². The Morgan fingerprint density at radius 2 is 1.85 bits per heavy atom. The highest BCUT2D eigenvalue weighted by Crippen LogP contribution is 2.38. The lowest BCUT2D eigenvalue weighted by atomic mass is 9.86. The first-order valence-electron chi connectivity index (χ1n) is 8.04. The molecule has 2 rings (SSSR count). The van der Waals surface area contributed by atoms with E-state index >= 15 is 0 Å². The van der Waals surface area contributed by atoms with E-state index in [0.717, 1.165) is 32.1 Å². The van der Waals surface area contributed by atoms with E-state index in [1.54, 1.807) is 0 Å². The number of aliphatic carboxylic acids is 1. The third-order valence-electron chi connectivity index (χ3n) is 5.17. The molecule has 0 radical (unpaired) electrons. The molecule has 4 heteroatoms. The number of amides is 1. The average Bonchev–Trinajstić information content (AvgIpc) is 2.83. The Kier molecular flexibility index (Phi) is 5.06. The Hall–Kier alpha value is -1.06. The Morgan fingerprint density at radius 3 is 2.45 bits per heavy atom. The Morgan fingerprint density at radius 1 is 1.15 bits per heavy atom. The number of hydrogen-bond acceptors (Lipinski definition) is 2. The van der Waals surface area contributed by atoms with Crippen molar-refractivity contribution in [1.82, 2.24) is 5.32 Å². The summed E-state index contributed by atoms with van der Waals surface area (Å²) in [7, 11) is 0. The number of rotatable bonds is 4. The van der Waals surface area contributed by atoms with Gasteiger partial charge in [-0.25, -0.2) is 0 Å². The van der Waals surface area contributed by atoms with Crippen LogP contribution in [0, 0.1) is 23.7 Å². The molecule has 2 saturated carbocycles. The summed E-state index contributed by atoms with van der Waals surface area (Å²) in [4.78, 5) is 23.8. The first kappa shape index (κ1) is 15.3. The van der Waals surface area contributed by atoms with E-state index in [1.807, 2.05) is 0 Å². The van der Waals surface area contributed by atoms with Gasteiger partial charge in [-0.05, 0) is 37.5 Å². The molecule has 0 aromatic rings. The van der Waals surface area contributed by atoms with Crippen LogP contribution in [-0.4, -0.2) is 23.0 Å². The van der Waals surface area contributed by atoms with Crippen LogP contribution < -0.4 is 5.32 Å². The Balaban J connectivity index is 1.94. The van der Waals surface area contributed by atoms with Crippen molar-refractivity contribution in [3.05, 3.63) is 0 Å². The summed E-state index contributed by atoms with van der Waals surface area (Å²) in [6.45, 7) is 4.30. The van der Waals surface area contributed by atoms with Crippen LogP contribution in [0.25, 0.3) is 0 Å². The predicted molar refractivity (Wildman–Crippen MR) is 77.2 cm³/mol. The third-order valence-corrected chi connectivity index (χ3v) is 5.17. The fourth-order valence-electron chi connectivity index (χ4n) is 3.91. The van der Waals surface area contributed by atoms with Crippen LogP contribution in [0.5, 0.6) is 0 Å². The van der Waals surface area contributed by atoms with Crippen LogP contribution in [0.4, 0.5) is 0 Å². The fourth-order valence-corrected chi connectivity index (χ4v) is 3.91. The van der Waals surface area contributed by atoms with Crippen molar-refractivity contribution in [3.63, 3.8) is 0 Å². The topological polar surface area (TPSA) is 66.4 Å². The predicted octanol–water partition coefficient (Wildman–Crippen LogP) is 2.82. The van der Waals surface area contributed by atoms with Gasteiger partial charge < -0.3 is 10.4 Å². The molecule has 1 amide bonds. The monoisotopic (exact) mass is 281 g/mol. The molecule has 5 atom stereocenters. The van der Waals surface area contributed by atoms with Crippen molar-refractivity contribution >= 4 is 11.9 Å². The van der Waals surface area contributed by atoms with Crippen molar-refractivity contribution < 1.29 is 14.7 Å². The summed E-state index contributed by atoms with van der Waals surface area (Å²) < 4.78 is 0. The van der Waals surface area contributed by atoms with E-state index in [4.69, 9.17) is 0 Å². The number of carbonyl (C=O) groups is 2. The third kappa shape index (κ3) is 3.53. The maximum Gasteiger partial charge on any atom is 0.307 e. The molecule has 0 saturated heterocycles. The van der Waals surface area contributed by atoms with Crippen molar-refractivity contribution in [1.29, 1.82) is 0 Å². The molecule has 0 spiro atoms. The Bertz CT molecular complexity index is 369. The molecule has 4 nitrogen and oxygen atoms in total. The van der Waals surface area contributed by atoms with Crippen LogP contribution in [0.3, 0.4) is 0 Å². The van der Waals surface area contributed by atoms with E-state index < -0.39 is 11.9 Å². The number of carboxylic acids is 1. The van der Waals surface area contributed by atoms with Crippen LogP contribution >= 0.6 is 0 Å². The number of hydrogen-bond donors (Lipinski definition) is 2. The molecule has 2 aliphatic carbocycles. The standard InChI is InChI=1S/C16H27NO3/c1-3-11-8-13(14(9-11)16(19)20)15(18)17-12-6-4-5-10(2)7-12/h10-14H,3-9H2,1-2H3,(H,17,18)(H,19,20)/t10?,11?,12?,13-,14+/m0/s1. The second kappa shape index (κ2) is 6.59. The van der Waals surface area contributed by atoms with Crippen LogP contribution in [0.15, 0.2) is 0 Å². The van der Waals surface area contributed by atoms with Gasteiger partial charge in [-0.2, -0.15) is 0 Å². The van der Waals surface area contributed by atoms with Crippen LogP contribution in [0.2, 0.25) is 0 Å². The first-order valence-corrected chi connectivity index (χ1v) is 8.04. The Labute approximate surface area is 121 Å². The lowest BCUT2D eigenvalue weighted by molar-refractivity contribution is -0.146. The molecule has 2 aliphatic rings.